The Morgan fingerprint density at radius 3 is 2.71 bits per heavy atom. The van der Waals surface area contributed by atoms with Crippen LogP contribution in [-0.4, -0.2) is 25.0 Å². The van der Waals surface area contributed by atoms with Crippen LogP contribution in [0, 0.1) is 6.92 Å². The summed E-state index contributed by atoms with van der Waals surface area (Å²) in [6, 6.07) is 15.9. The predicted molar refractivity (Wildman–Crippen MR) is 113 cm³/mol. The molecule has 1 unspecified atom stereocenters. The number of anilines is 1. The van der Waals surface area contributed by atoms with Crippen LogP contribution in [0.25, 0.3) is 0 Å². The molecule has 5 nitrogen and oxygen atoms in total. The number of quaternary nitrogens is 1. The molecule has 0 aliphatic rings. The first-order valence-electron chi connectivity index (χ1n) is 9.26. The highest BCUT2D eigenvalue weighted by Crippen LogP contribution is 2.14. The van der Waals surface area contributed by atoms with E-state index in [2.05, 4.69) is 29.5 Å². The van der Waals surface area contributed by atoms with Crippen LogP contribution >= 0.6 is 11.3 Å². The molecule has 1 atom stereocenters. The van der Waals surface area contributed by atoms with E-state index in [0.29, 0.717) is 6.42 Å². The molecular formula is C22H26N3O2S+. The van der Waals surface area contributed by atoms with Gasteiger partial charge in [-0.2, -0.15) is 0 Å². The van der Waals surface area contributed by atoms with Gasteiger partial charge in [-0.05, 0) is 31.2 Å². The van der Waals surface area contributed by atoms with E-state index in [-0.39, 0.29) is 5.91 Å². The molecule has 6 heteroatoms. The summed E-state index contributed by atoms with van der Waals surface area (Å²) < 4.78 is 5.29. The zero-order valence-electron chi connectivity index (χ0n) is 16.5. The topological polar surface area (TPSA) is 55.7 Å². The Labute approximate surface area is 170 Å². The second-order valence-corrected chi connectivity index (χ2v) is 7.93. The van der Waals surface area contributed by atoms with Crippen molar-refractivity contribution in [3.63, 3.8) is 0 Å². The molecule has 0 radical (unpaired) electrons. The lowest BCUT2D eigenvalue weighted by molar-refractivity contribution is -0.908. The molecule has 0 spiro atoms. The van der Waals surface area contributed by atoms with E-state index in [1.807, 2.05) is 48.7 Å². The third kappa shape index (κ3) is 5.90. The Kier molecular flexibility index (Phi) is 6.79. The first-order valence-corrected chi connectivity index (χ1v) is 10.1. The Bertz CT molecular complexity index is 922. The van der Waals surface area contributed by atoms with Crippen LogP contribution in [0.3, 0.4) is 0 Å². The standard InChI is InChI=1S/C22H25N3O2S/c1-16-7-9-18(10-8-16)23-21(26)12-22-24-19(15-28-22)14-25(2)13-17-5-4-6-20(11-17)27-3/h4-11,15H,12-14H2,1-3H3,(H,23,26)/p+1. The number of aromatic nitrogens is 1. The maximum Gasteiger partial charge on any atom is 0.231 e. The minimum atomic E-state index is -0.0400. The first-order chi connectivity index (χ1) is 13.5. The molecule has 1 heterocycles. The number of thiazole rings is 1. The van der Waals surface area contributed by atoms with E-state index in [1.165, 1.54) is 27.4 Å². The van der Waals surface area contributed by atoms with Gasteiger partial charge in [0.05, 0.1) is 20.6 Å². The molecule has 1 amide bonds. The summed E-state index contributed by atoms with van der Waals surface area (Å²) in [5.74, 6) is 0.836. The molecule has 2 N–H and O–H groups in total. The maximum absolute atomic E-state index is 12.2. The lowest BCUT2D eigenvalue weighted by Gasteiger charge is -2.13. The monoisotopic (exact) mass is 396 g/mol. The van der Waals surface area contributed by atoms with E-state index in [1.54, 1.807) is 7.11 Å². The lowest BCUT2D eigenvalue weighted by atomic mass is 10.2. The molecular weight excluding hydrogens is 370 g/mol. The van der Waals surface area contributed by atoms with Crippen molar-refractivity contribution in [2.75, 3.05) is 19.5 Å². The van der Waals surface area contributed by atoms with Crippen LogP contribution in [0.4, 0.5) is 5.69 Å². The second kappa shape index (κ2) is 9.48. The number of rotatable bonds is 8. The minimum absolute atomic E-state index is 0.0400. The smallest absolute Gasteiger partial charge is 0.231 e. The molecule has 3 aromatic rings. The molecule has 0 aliphatic heterocycles. The number of benzene rings is 2. The van der Waals surface area contributed by atoms with Gasteiger partial charge in [0.1, 0.15) is 29.5 Å². The van der Waals surface area contributed by atoms with Crippen LogP contribution in [0.2, 0.25) is 0 Å². The average Bonchev–Trinajstić information content (AvgIpc) is 3.10. The molecule has 0 saturated heterocycles. The number of carbonyl (C=O) groups excluding carboxylic acids is 1. The Hall–Kier alpha value is -2.70. The van der Waals surface area contributed by atoms with Gasteiger partial charge in [0.2, 0.25) is 5.91 Å². The van der Waals surface area contributed by atoms with Crippen molar-refractivity contribution < 1.29 is 14.4 Å². The van der Waals surface area contributed by atoms with Crippen molar-refractivity contribution in [2.45, 2.75) is 26.4 Å². The molecule has 0 bridgehead atoms. The summed E-state index contributed by atoms with van der Waals surface area (Å²) in [6.07, 6.45) is 0.299. The zero-order valence-corrected chi connectivity index (χ0v) is 17.3. The fourth-order valence-corrected chi connectivity index (χ4v) is 3.79. The number of carbonyl (C=O) groups is 1. The summed E-state index contributed by atoms with van der Waals surface area (Å²) in [5.41, 5.74) is 4.23. The fourth-order valence-electron chi connectivity index (χ4n) is 2.99. The molecule has 2 aromatic carbocycles. The van der Waals surface area contributed by atoms with Crippen LogP contribution in [0.1, 0.15) is 21.8 Å². The minimum Gasteiger partial charge on any atom is -0.497 e. The summed E-state index contributed by atoms with van der Waals surface area (Å²) in [5, 5.41) is 5.81. The van der Waals surface area contributed by atoms with E-state index in [0.717, 1.165) is 35.2 Å². The summed E-state index contributed by atoms with van der Waals surface area (Å²) in [4.78, 5) is 18.2. The van der Waals surface area contributed by atoms with E-state index < -0.39 is 0 Å². The third-order valence-electron chi connectivity index (χ3n) is 4.37. The number of aryl methyl sites for hydroxylation is 1. The van der Waals surface area contributed by atoms with Gasteiger partial charge in [-0.3, -0.25) is 4.79 Å². The SMILES string of the molecule is COc1cccc(C[NH+](C)Cc2csc(CC(=O)Nc3ccc(C)cc3)n2)c1. The van der Waals surface area contributed by atoms with Crippen LogP contribution in [-0.2, 0) is 24.3 Å². The molecule has 3 rings (SSSR count). The van der Waals surface area contributed by atoms with Gasteiger partial charge in [0.15, 0.2) is 0 Å². The number of hydrogen-bond acceptors (Lipinski definition) is 4. The quantitative estimate of drug-likeness (QED) is 0.616. The lowest BCUT2D eigenvalue weighted by Crippen LogP contribution is -3.06. The molecule has 28 heavy (non-hydrogen) atoms. The van der Waals surface area contributed by atoms with E-state index >= 15 is 0 Å². The highest BCUT2D eigenvalue weighted by atomic mass is 32.1. The molecule has 1 aromatic heterocycles. The summed E-state index contributed by atoms with van der Waals surface area (Å²) in [7, 11) is 3.82. The van der Waals surface area contributed by atoms with Gasteiger partial charge >= 0.3 is 0 Å². The number of hydrogen-bond donors (Lipinski definition) is 2. The van der Waals surface area contributed by atoms with E-state index in [9.17, 15) is 4.79 Å². The highest BCUT2D eigenvalue weighted by molar-refractivity contribution is 7.09. The van der Waals surface area contributed by atoms with Crippen LogP contribution < -0.4 is 15.0 Å². The van der Waals surface area contributed by atoms with Gasteiger partial charge < -0.3 is 15.0 Å². The van der Waals surface area contributed by atoms with E-state index in [4.69, 9.17) is 4.74 Å². The third-order valence-corrected chi connectivity index (χ3v) is 5.27. The normalized spacial score (nSPS) is 11.8. The van der Waals surface area contributed by atoms with Crippen molar-refractivity contribution in [1.29, 1.82) is 0 Å². The summed E-state index contributed by atoms with van der Waals surface area (Å²) in [6.45, 7) is 3.72. The largest absolute Gasteiger partial charge is 0.497 e. The zero-order chi connectivity index (χ0) is 19.9. The maximum atomic E-state index is 12.2. The molecule has 0 saturated carbocycles. The van der Waals surface area contributed by atoms with Gasteiger partial charge in [0, 0.05) is 16.6 Å². The number of amides is 1. The van der Waals surface area contributed by atoms with Crippen LogP contribution in [0.15, 0.2) is 53.9 Å². The fraction of sp³-hybridized carbons (Fsp3) is 0.273. The van der Waals surface area contributed by atoms with Crippen LogP contribution in [0.5, 0.6) is 5.75 Å². The number of nitrogens with zero attached hydrogens (tertiary/aromatic N) is 1. The van der Waals surface area contributed by atoms with Gasteiger partial charge in [0.25, 0.3) is 0 Å². The number of ether oxygens (including phenoxy) is 1. The molecule has 0 aliphatic carbocycles. The Morgan fingerprint density at radius 2 is 1.96 bits per heavy atom. The number of methoxy groups -OCH3 is 1. The second-order valence-electron chi connectivity index (χ2n) is 6.99. The highest BCUT2D eigenvalue weighted by Gasteiger charge is 2.12. The van der Waals surface area contributed by atoms with Gasteiger partial charge in [-0.1, -0.05) is 29.8 Å². The first kappa shape index (κ1) is 20.0. The molecule has 146 valence electrons. The predicted octanol–water partition coefficient (Wildman–Crippen LogP) is 2.86. The van der Waals surface area contributed by atoms with Crippen molar-refractivity contribution in [3.05, 3.63) is 75.7 Å². The van der Waals surface area contributed by atoms with Crippen molar-refractivity contribution >= 4 is 22.9 Å². The van der Waals surface area contributed by atoms with Gasteiger partial charge in [-0.25, -0.2) is 4.98 Å². The van der Waals surface area contributed by atoms with Crippen molar-refractivity contribution in [3.8, 4) is 5.75 Å². The Balaban J connectivity index is 1.51. The molecule has 0 fully saturated rings. The van der Waals surface area contributed by atoms with Crippen molar-refractivity contribution in [2.24, 2.45) is 0 Å². The summed E-state index contributed by atoms with van der Waals surface area (Å²) >= 11 is 1.54. The average molecular weight is 397 g/mol. The Morgan fingerprint density at radius 1 is 1.18 bits per heavy atom. The van der Waals surface area contributed by atoms with Crippen molar-refractivity contribution in [1.82, 2.24) is 4.98 Å². The number of nitrogens with one attached hydrogen (secondary N) is 2. The van der Waals surface area contributed by atoms with Gasteiger partial charge in [-0.15, -0.1) is 11.3 Å².